The molecule has 0 saturated carbocycles. The van der Waals surface area contributed by atoms with Gasteiger partial charge in [0.25, 0.3) is 0 Å². The molecule has 2 atom stereocenters. The third-order valence-electron chi connectivity index (χ3n) is 2.70. The lowest BCUT2D eigenvalue weighted by Crippen LogP contribution is -2.17. The molecule has 0 radical (unpaired) electrons. The Kier molecular flexibility index (Phi) is 5.87. The quantitative estimate of drug-likeness (QED) is 0.807. The zero-order chi connectivity index (χ0) is 11.3. The van der Waals surface area contributed by atoms with Crippen LogP contribution in [0.2, 0.25) is 0 Å². The average Bonchev–Trinajstić information content (AvgIpc) is 2.61. The van der Waals surface area contributed by atoms with Crippen LogP contribution < -0.4 is 5.32 Å². The Morgan fingerprint density at radius 2 is 2.27 bits per heavy atom. The Morgan fingerprint density at radius 3 is 2.73 bits per heavy atom. The third kappa shape index (κ3) is 4.25. The van der Waals surface area contributed by atoms with Crippen molar-refractivity contribution in [2.75, 3.05) is 7.05 Å². The fraction of sp³-hybridized carbons (Fsp3) is 0.667. The van der Waals surface area contributed by atoms with E-state index in [0.717, 1.165) is 5.92 Å². The first-order valence-electron chi connectivity index (χ1n) is 5.58. The molecule has 0 aliphatic carbocycles. The number of hydrogen-bond donors (Lipinski definition) is 1. The summed E-state index contributed by atoms with van der Waals surface area (Å²) >= 11 is 5.34. The number of rotatable bonds is 6. The van der Waals surface area contributed by atoms with Crippen LogP contribution in [0.4, 0.5) is 0 Å². The SMILES string of the molecule is CCCC(C)CC(NC)c1cc(Br)cs1. The van der Waals surface area contributed by atoms with E-state index >= 15 is 0 Å². The minimum atomic E-state index is 0.517. The van der Waals surface area contributed by atoms with Crippen molar-refractivity contribution in [2.24, 2.45) is 5.92 Å². The lowest BCUT2D eigenvalue weighted by molar-refractivity contribution is 0.410. The van der Waals surface area contributed by atoms with Crippen molar-refractivity contribution in [3.63, 3.8) is 0 Å². The molecule has 0 saturated heterocycles. The second-order valence-corrected chi connectivity index (χ2v) is 6.00. The van der Waals surface area contributed by atoms with Crippen molar-refractivity contribution in [2.45, 2.75) is 39.2 Å². The molecular weight excluding hydrogens is 270 g/mol. The summed E-state index contributed by atoms with van der Waals surface area (Å²) in [7, 11) is 2.05. The lowest BCUT2D eigenvalue weighted by Gasteiger charge is -2.19. The van der Waals surface area contributed by atoms with Crippen molar-refractivity contribution in [1.82, 2.24) is 5.32 Å². The van der Waals surface area contributed by atoms with Crippen molar-refractivity contribution >= 4 is 27.3 Å². The minimum absolute atomic E-state index is 0.517. The first-order chi connectivity index (χ1) is 7.17. The van der Waals surface area contributed by atoms with Gasteiger partial charge in [0.15, 0.2) is 0 Å². The highest BCUT2D eigenvalue weighted by atomic mass is 79.9. The zero-order valence-corrected chi connectivity index (χ0v) is 12.1. The molecule has 3 heteroatoms. The standard InChI is InChI=1S/C12H20BrNS/c1-4-5-9(2)6-11(14-3)12-7-10(13)8-15-12/h7-9,11,14H,4-6H2,1-3H3. The molecule has 0 aliphatic rings. The fourth-order valence-corrected chi connectivity index (χ4v) is 3.47. The summed E-state index contributed by atoms with van der Waals surface area (Å²) < 4.78 is 1.20. The van der Waals surface area contributed by atoms with Gasteiger partial charge in [0, 0.05) is 20.8 Å². The predicted molar refractivity (Wildman–Crippen MR) is 72.5 cm³/mol. The van der Waals surface area contributed by atoms with Gasteiger partial charge < -0.3 is 5.32 Å². The lowest BCUT2D eigenvalue weighted by atomic mass is 9.96. The van der Waals surface area contributed by atoms with E-state index < -0.39 is 0 Å². The van der Waals surface area contributed by atoms with Crippen LogP contribution in [0.3, 0.4) is 0 Å². The summed E-state index contributed by atoms with van der Waals surface area (Å²) in [6, 6.07) is 2.74. The molecule has 0 bridgehead atoms. The predicted octanol–water partition coefficient (Wildman–Crippen LogP) is 4.60. The molecule has 0 fully saturated rings. The third-order valence-corrected chi connectivity index (χ3v) is 4.51. The van der Waals surface area contributed by atoms with Crippen LogP contribution in [0, 0.1) is 5.92 Å². The molecule has 1 nitrogen and oxygen atoms in total. The molecule has 2 unspecified atom stereocenters. The van der Waals surface area contributed by atoms with Crippen LogP contribution in [-0.2, 0) is 0 Å². The molecule has 86 valence electrons. The molecule has 1 rings (SSSR count). The fourth-order valence-electron chi connectivity index (χ4n) is 1.90. The molecule has 1 N–H and O–H groups in total. The van der Waals surface area contributed by atoms with E-state index in [2.05, 4.69) is 53.6 Å². The van der Waals surface area contributed by atoms with Crippen LogP contribution in [0.15, 0.2) is 15.9 Å². The Labute approximate surface area is 105 Å². The summed E-state index contributed by atoms with van der Waals surface area (Å²) in [6.07, 6.45) is 3.84. The summed E-state index contributed by atoms with van der Waals surface area (Å²) in [5.41, 5.74) is 0. The maximum absolute atomic E-state index is 3.51. The van der Waals surface area contributed by atoms with Crippen LogP contribution in [0.5, 0.6) is 0 Å². The summed E-state index contributed by atoms with van der Waals surface area (Å²) in [5, 5.41) is 5.57. The van der Waals surface area contributed by atoms with Crippen molar-refractivity contribution in [3.05, 3.63) is 20.8 Å². The first kappa shape index (κ1) is 13.2. The molecule has 1 heterocycles. The van der Waals surface area contributed by atoms with Gasteiger partial charge in [-0.15, -0.1) is 11.3 Å². The Balaban J connectivity index is 2.56. The highest BCUT2D eigenvalue weighted by Gasteiger charge is 2.14. The van der Waals surface area contributed by atoms with Crippen LogP contribution in [0.25, 0.3) is 0 Å². The van der Waals surface area contributed by atoms with Crippen LogP contribution in [-0.4, -0.2) is 7.05 Å². The largest absolute Gasteiger partial charge is 0.312 e. The first-order valence-corrected chi connectivity index (χ1v) is 7.25. The maximum atomic E-state index is 3.51. The van der Waals surface area contributed by atoms with Crippen LogP contribution in [0.1, 0.15) is 44.0 Å². The molecule has 0 aliphatic heterocycles. The zero-order valence-electron chi connectivity index (χ0n) is 9.72. The number of halogens is 1. The van der Waals surface area contributed by atoms with Crippen molar-refractivity contribution in [1.29, 1.82) is 0 Å². The molecule has 1 aromatic heterocycles. The average molecular weight is 290 g/mol. The highest BCUT2D eigenvalue weighted by molar-refractivity contribution is 9.10. The summed E-state index contributed by atoms with van der Waals surface area (Å²) in [5.74, 6) is 0.799. The van der Waals surface area contributed by atoms with E-state index in [1.165, 1.54) is 28.6 Å². The molecule has 0 amide bonds. The topological polar surface area (TPSA) is 12.0 Å². The maximum Gasteiger partial charge on any atom is 0.0415 e. The molecule has 0 aromatic carbocycles. The van der Waals surface area contributed by atoms with Gasteiger partial charge >= 0.3 is 0 Å². The summed E-state index contributed by atoms with van der Waals surface area (Å²) in [6.45, 7) is 4.60. The normalized spacial score (nSPS) is 15.2. The number of thiophene rings is 1. The van der Waals surface area contributed by atoms with Crippen molar-refractivity contribution in [3.8, 4) is 0 Å². The van der Waals surface area contributed by atoms with E-state index in [1.807, 2.05) is 11.3 Å². The van der Waals surface area contributed by atoms with E-state index in [1.54, 1.807) is 0 Å². The van der Waals surface area contributed by atoms with E-state index in [9.17, 15) is 0 Å². The van der Waals surface area contributed by atoms with Crippen LogP contribution >= 0.6 is 27.3 Å². The smallest absolute Gasteiger partial charge is 0.0415 e. The second-order valence-electron chi connectivity index (χ2n) is 4.14. The van der Waals surface area contributed by atoms with Gasteiger partial charge in [0.2, 0.25) is 0 Å². The van der Waals surface area contributed by atoms with Gasteiger partial charge in [0.05, 0.1) is 0 Å². The molecule has 1 aromatic rings. The Bertz CT molecular complexity index is 285. The van der Waals surface area contributed by atoms with Gasteiger partial charge in [-0.1, -0.05) is 26.7 Å². The molecule has 15 heavy (non-hydrogen) atoms. The van der Waals surface area contributed by atoms with Gasteiger partial charge in [-0.3, -0.25) is 0 Å². The monoisotopic (exact) mass is 289 g/mol. The number of nitrogens with one attached hydrogen (secondary N) is 1. The highest BCUT2D eigenvalue weighted by Crippen LogP contribution is 2.30. The molecular formula is C12H20BrNS. The minimum Gasteiger partial charge on any atom is -0.312 e. The van der Waals surface area contributed by atoms with Gasteiger partial charge in [0.1, 0.15) is 0 Å². The van der Waals surface area contributed by atoms with Gasteiger partial charge in [-0.25, -0.2) is 0 Å². The van der Waals surface area contributed by atoms with E-state index in [4.69, 9.17) is 0 Å². The van der Waals surface area contributed by atoms with Gasteiger partial charge in [-0.2, -0.15) is 0 Å². The summed E-state index contributed by atoms with van der Waals surface area (Å²) in [4.78, 5) is 1.44. The van der Waals surface area contributed by atoms with E-state index in [-0.39, 0.29) is 0 Å². The Hall–Kier alpha value is 0.140. The van der Waals surface area contributed by atoms with Crippen molar-refractivity contribution < 1.29 is 0 Å². The number of hydrogen-bond acceptors (Lipinski definition) is 2. The van der Waals surface area contributed by atoms with E-state index in [0.29, 0.717) is 6.04 Å². The Morgan fingerprint density at radius 1 is 1.53 bits per heavy atom. The molecule has 0 spiro atoms. The second kappa shape index (κ2) is 6.66. The van der Waals surface area contributed by atoms with Gasteiger partial charge in [-0.05, 0) is 41.4 Å².